The molecule has 24 heavy (non-hydrogen) atoms. The quantitative estimate of drug-likeness (QED) is 0.139. The number of unbranched alkanes of at least 4 members (excludes halogenated alkanes) is 11. The van der Waals surface area contributed by atoms with E-state index in [9.17, 15) is 9.59 Å². The van der Waals surface area contributed by atoms with Gasteiger partial charge in [0.25, 0.3) is 5.24 Å². The Bertz CT molecular complexity index is 335. The molecule has 0 saturated carbocycles. The summed E-state index contributed by atoms with van der Waals surface area (Å²) in [6, 6.07) is 0. The van der Waals surface area contributed by atoms with Crippen LogP contribution >= 0.6 is 12.6 Å². The van der Waals surface area contributed by atoms with Gasteiger partial charge in [0.15, 0.2) is 0 Å². The molecular weight excluding hydrogens is 402 g/mol. The normalized spacial score (nSPS) is 10.6. The smallest absolute Gasteiger partial charge is 0.282 e. The van der Waals surface area contributed by atoms with Crippen LogP contribution in [0.4, 0.5) is 4.79 Å². The Morgan fingerprint density at radius 2 is 1.25 bits per heavy atom. The van der Waals surface area contributed by atoms with E-state index in [-0.39, 0.29) is 27.0 Å². The molecule has 0 unspecified atom stereocenters. The van der Waals surface area contributed by atoms with Crippen LogP contribution in [0, 0.1) is 0 Å². The van der Waals surface area contributed by atoms with Crippen molar-refractivity contribution >= 4 is 23.8 Å². The predicted molar refractivity (Wildman–Crippen MR) is 102 cm³/mol. The van der Waals surface area contributed by atoms with Gasteiger partial charge in [0.1, 0.15) is 0 Å². The number of imide groups is 1. The molecule has 0 atom stereocenters. The van der Waals surface area contributed by atoms with Gasteiger partial charge in [0, 0.05) is 27.5 Å². The van der Waals surface area contributed by atoms with Gasteiger partial charge in [-0.3, -0.25) is 14.9 Å². The minimum absolute atomic E-state index is 0. The standard InChI is InChI=1S/C19H35NO2S.Mo/c1-2-3-4-5-6-7-8-9-10-11-12-13-14-15-16-17-18(21)20-19(22)23;/h9-10H,2-8,11-17H2,1H3,(H2,20,21,22,23);. The molecule has 0 spiro atoms. The molecule has 0 bridgehead atoms. The Kier molecular flexibility index (Phi) is 22.8. The van der Waals surface area contributed by atoms with E-state index in [1.807, 2.05) is 0 Å². The molecule has 5 heteroatoms. The maximum absolute atomic E-state index is 11.2. The topological polar surface area (TPSA) is 46.2 Å². The Labute approximate surface area is 168 Å². The summed E-state index contributed by atoms with van der Waals surface area (Å²) in [6.45, 7) is 2.26. The zero-order valence-electron chi connectivity index (χ0n) is 15.2. The first-order valence-electron chi connectivity index (χ1n) is 9.34. The van der Waals surface area contributed by atoms with E-state index in [4.69, 9.17) is 0 Å². The molecule has 0 aliphatic carbocycles. The molecular formula is C19H35MoNO2S. The number of carbonyl (C=O) groups is 2. The fraction of sp³-hybridized carbons (Fsp3) is 0.789. The predicted octanol–water partition coefficient (Wildman–Crippen LogP) is 6.19. The number of carbonyl (C=O) groups excluding carboxylic acids is 2. The number of thiol groups is 1. The molecule has 1 N–H and O–H groups in total. The van der Waals surface area contributed by atoms with Crippen LogP contribution in [0.15, 0.2) is 12.2 Å². The number of amides is 2. The third-order valence-electron chi connectivity index (χ3n) is 3.91. The van der Waals surface area contributed by atoms with Crippen molar-refractivity contribution in [2.45, 2.75) is 96.8 Å². The monoisotopic (exact) mass is 439 g/mol. The van der Waals surface area contributed by atoms with Crippen LogP contribution in [0.5, 0.6) is 0 Å². The molecule has 0 aromatic heterocycles. The number of allylic oxidation sites excluding steroid dienone is 2. The largest absolute Gasteiger partial charge is 0.287 e. The second kappa shape index (κ2) is 21.0. The molecule has 0 saturated heterocycles. The number of hydrogen-bond acceptors (Lipinski definition) is 2. The van der Waals surface area contributed by atoms with Gasteiger partial charge in [-0.2, -0.15) is 0 Å². The Morgan fingerprint density at radius 1 is 0.792 bits per heavy atom. The van der Waals surface area contributed by atoms with Crippen LogP contribution in [0.25, 0.3) is 0 Å². The first-order chi connectivity index (χ1) is 11.2. The van der Waals surface area contributed by atoms with Crippen LogP contribution in [-0.2, 0) is 25.9 Å². The number of hydrogen-bond donors (Lipinski definition) is 2. The summed E-state index contributed by atoms with van der Waals surface area (Å²) in [5.41, 5.74) is 0. The van der Waals surface area contributed by atoms with E-state index in [1.165, 1.54) is 64.2 Å². The van der Waals surface area contributed by atoms with Crippen molar-refractivity contribution in [3.63, 3.8) is 0 Å². The summed E-state index contributed by atoms with van der Waals surface area (Å²) in [5, 5.41) is 1.60. The molecule has 3 nitrogen and oxygen atoms in total. The van der Waals surface area contributed by atoms with Crippen molar-refractivity contribution in [1.29, 1.82) is 0 Å². The van der Waals surface area contributed by atoms with Gasteiger partial charge in [-0.05, 0) is 32.1 Å². The van der Waals surface area contributed by atoms with E-state index >= 15 is 0 Å². The van der Waals surface area contributed by atoms with E-state index in [0.29, 0.717) is 6.42 Å². The van der Waals surface area contributed by atoms with Gasteiger partial charge in [-0.15, -0.1) is 0 Å². The van der Waals surface area contributed by atoms with Crippen LogP contribution in [-0.4, -0.2) is 11.1 Å². The average molecular weight is 438 g/mol. The van der Waals surface area contributed by atoms with E-state index in [1.54, 1.807) is 0 Å². The molecule has 0 aliphatic heterocycles. The summed E-state index contributed by atoms with van der Waals surface area (Å²) >= 11 is 3.51. The summed E-state index contributed by atoms with van der Waals surface area (Å²) in [4.78, 5) is 21.7. The van der Waals surface area contributed by atoms with Crippen molar-refractivity contribution in [3.8, 4) is 0 Å². The van der Waals surface area contributed by atoms with E-state index in [0.717, 1.165) is 19.3 Å². The van der Waals surface area contributed by atoms with E-state index in [2.05, 4.69) is 37.0 Å². The van der Waals surface area contributed by atoms with Crippen LogP contribution < -0.4 is 5.32 Å². The molecule has 2 amide bonds. The third kappa shape index (κ3) is 21.9. The van der Waals surface area contributed by atoms with Gasteiger partial charge < -0.3 is 0 Å². The Morgan fingerprint density at radius 3 is 1.75 bits per heavy atom. The second-order valence-electron chi connectivity index (χ2n) is 6.19. The maximum atomic E-state index is 11.2. The van der Waals surface area contributed by atoms with Crippen LogP contribution in [0.2, 0.25) is 0 Å². The fourth-order valence-corrected chi connectivity index (χ4v) is 2.66. The minimum atomic E-state index is -0.567. The summed E-state index contributed by atoms with van der Waals surface area (Å²) in [5.74, 6) is -0.220. The van der Waals surface area contributed by atoms with Gasteiger partial charge in [0.2, 0.25) is 5.91 Å². The van der Waals surface area contributed by atoms with Gasteiger partial charge in [-0.1, -0.05) is 83.1 Å². The second-order valence-corrected chi connectivity index (χ2v) is 6.59. The first-order valence-corrected chi connectivity index (χ1v) is 9.79. The van der Waals surface area contributed by atoms with Gasteiger partial charge in [0.05, 0.1) is 0 Å². The molecule has 0 radical (unpaired) electrons. The summed E-state index contributed by atoms with van der Waals surface area (Å²) < 4.78 is 0. The Balaban J connectivity index is 0. The molecule has 0 aromatic carbocycles. The van der Waals surface area contributed by atoms with Crippen molar-refractivity contribution in [2.24, 2.45) is 0 Å². The zero-order valence-corrected chi connectivity index (χ0v) is 18.1. The van der Waals surface area contributed by atoms with Crippen LogP contribution in [0.3, 0.4) is 0 Å². The molecule has 0 aromatic rings. The third-order valence-corrected chi connectivity index (χ3v) is 4.02. The van der Waals surface area contributed by atoms with Crippen LogP contribution in [0.1, 0.15) is 96.8 Å². The van der Waals surface area contributed by atoms with Crippen molar-refractivity contribution in [2.75, 3.05) is 0 Å². The SMILES string of the molecule is CCCCCCCCC=CCCCCCCCC(=O)NC(=O)S.[Mo]. The summed E-state index contributed by atoms with van der Waals surface area (Å²) in [6.07, 6.45) is 21.2. The Hall–Kier alpha value is -0.0817. The fourth-order valence-electron chi connectivity index (χ4n) is 2.54. The zero-order chi connectivity index (χ0) is 17.2. The minimum Gasteiger partial charge on any atom is -0.287 e. The maximum Gasteiger partial charge on any atom is 0.282 e. The van der Waals surface area contributed by atoms with E-state index < -0.39 is 5.24 Å². The van der Waals surface area contributed by atoms with Crippen molar-refractivity contribution in [1.82, 2.24) is 5.32 Å². The number of rotatable bonds is 15. The molecule has 140 valence electrons. The number of nitrogens with one attached hydrogen (secondary N) is 1. The average Bonchev–Trinajstić information content (AvgIpc) is 2.50. The van der Waals surface area contributed by atoms with Gasteiger partial charge >= 0.3 is 0 Å². The van der Waals surface area contributed by atoms with Gasteiger partial charge in [-0.25, -0.2) is 0 Å². The van der Waals surface area contributed by atoms with Crippen molar-refractivity contribution < 1.29 is 30.7 Å². The molecule has 0 aliphatic rings. The van der Waals surface area contributed by atoms with Crippen molar-refractivity contribution in [3.05, 3.63) is 12.2 Å². The first kappa shape index (κ1) is 26.2. The molecule has 0 heterocycles. The molecule has 0 rings (SSSR count). The summed E-state index contributed by atoms with van der Waals surface area (Å²) in [7, 11) is 0. The molecule has 0 fully saturated rings.